The summed E-state index contributed by atoms with van der Waals surface area (Å²) in [5, 5.41) is 9.07. The molecule has 1 saturated heterocycles. The number of amides is 2. The van der Waals surface area contributed by atoms with E-state index < -0.39 is 6.04 Å². The fourth-order valence-corrected chi connectivity index (χ4v) is 3.48. The van der Waals surface area contributed by atoms with Crippen LogP contribution in [-0.2, 0) is 16.0 Å². The first-order valence-corrected chi connectivity index (χ1v) is 9.75. The molecule has 2 amide bonds. The van der Waals surface area contributed by atoms with Gasteiger partial charge in [-0.05, 0) is 19.3 Å². The van der Waals surface area contributed by atoms with Gasteiger partial charge in [0.2, 0.25) is 17.7 Å². The van der Waals surface area contributed by atoms with Crippen LogP contribution in [0.1, 0.15) is 57.2 Å². The normalized spacial score (nSPS) is 17.0. The molecule has 1 atom stereocenters. The fraction of sp³-hybridized carbons (Fsp3) is 0.588. The van der Waals surface area contributed by atoms with Gasteiger partial charge in [-0.15, -0.1) is 11.3 Å². The highest BCUT2D eigenvalue weighted by Gasteiger charge is 2.34. The predicted octanol–water partition coefficient (Wildman–Crippen LogP) is 2.60. The predicted molar refractivity (Wildman–Crippen MR) is 96.8 cm³/mol. The molecule has 0 aromatic carbocycles. The highest BCUT2D eigenvalue weighted by Crippen LogP contribution is 2.21. The third-order valence-electron chi connectivity index (χ3n) is 4.32. The molecule has 8 nitrogen and oxygen atoms in total. The van der Waals surface area contributed by atoms with E-state index in [4.69, 9.17) is 4.52 Å². The molecule has 9 heteroatoms. The lowest BCUT2D eigenvalue weighted by Crippen LogP contribution is -2.43. The molecule has 0 bridgehead atoms. The van der Waals surface area contributed by atoms with Gasteiger partial charge in [0.05, 0.1) is 0 Å². The van der Waals surface area contributed by atoms with Gasteiger partial charge < -0.3 is 14.7 Å². The molecule has 0 spiro atoms. The second kappa shape index (κ2) is 8.39. The summed E-state index contributed by atoms with van der Waals surface area (Å²) in [5.41, 5.74) is 0. The van der Waals surface area contributed by atoms with Crippen molar-refractivity contribution >= 4 is 28.3 Å². The van der Waals surface area contributed by atoms with Gasteiger partial charge in [-0.2, -0.15) is 4.98 Å². The highest BCUT2D eigenvalue weighted by molar-refractivity contribution is 7.13. The number of hydrogen-bond acceptors (Lipinski definition) is 7. The number of carbonyl (C=O) groups is 2. The van der Waals surface area contributed by atoms with Gasteiger partial charge in [0.25, 0.3) is 0 Å². The summed E-state index contributed by atoms with van der Waals surface area (Å²) < 4.78 is 5.20. The molecule has 1 aliphatic rings. The van der Waals surface area contributed by atoms with Crippen molar-refractivity contribution in [2.24, 2.45) is 0 Å². The largest absolute Gasteiger partial charge is 0.339 e. The van der Waals surface area contributed by atoms with Crippen LogP contribution in [0.2, 0.25) is 0 Å². The summed E-state index contributed by atoms with van der Waals surface area (Å²) in [6.45, 7) is 4.62. The summed E-state index contributed by atoms with van der Waals surface area (Å²) >= 11 is 1.37. The van der Waals surface area contributed by atoms with E-state index in [1.165, 1.54) is 11.3 Å². The van der Waals surface area contributed by atoms with Crippen LogP contribution in [0.5, 0.6) is 0 Å². The lowest BCUT2D eigenvalue weighted by molar-refractivity contribution is -0.136. The van der Waals surface area contributed by atoms with E-state index in [9.17, 15) is 9.59 Å². The van der Waals surface area contributed by atoms with Crippen LogP contribution in [-0.4, -0.2) is 44.4 Å². The van der Waals surface area contributed by atoms with E-state index in [1.807, 2.05) is 13.8 Å². The number of anilines is 1. The Labute approximate surface area is 156 Å². The van der Waals surface area contributed by atoms with Crippen LogP contribution in [0.4, 0.5) is 5.13 Å². The van der Waals surface area contributed by atoms with E-state index in [1.54, 1.807) is 16.5 Å². The first kappa shape index (κ1) is 18.5. The summed E-state index contributed by atoms with van der Waals surface area (Å²) in [5.74, 6) is 1.29. The van der Waals surface area contributed by atoms with Gasteiger partial charge in [-0.25, -0.2) is 4.98 Å². The van der Waals surface area contributed by atoms with Crippen molar-refractivity contribution in [1.29, 1.82) is 0 Å². The smallest absolute Gasteiger partial charge is 0.248 e. The van der Waals surface area contributed by atoms with Crippen molar-refractivity contribution in [3.8, 4) is 0 Å². The quantitative estimate of drug-likeness (QED) is 0.796. The maximum atomic E-state index is 12.5. The van der Waals surface area contributed by atoms with Crippen molar-refractivity contribution in [2.75, 3.05) is 11.9 Å². The lowest BCUT2D eigenvalue weighted by atomic mass is 10.1. The number of rotatable bonds is 7. The zero-order valence-corrected chi connectivity index (χ0v) is 15.8. The first-order chi connectivity index (χ1) is 12.5. The number of thiazole rings is 1. The highest BCUT2D eigenvalue weighted by atomic mass is 32.1. The SMILES string of the molecule is CC(C)c1noc(CCCC(=O)N2CCCC2C(=O)Nc2nccs2)n1. The Kier molecular flexibility index (Phi) is 5.97. The summed E-state index contributed by atoms with van der Waals surface area (Å²) in [6.07, 6.45) is 4.71. The van der Waals surface area contributed by atoms with Crippen molar-refractivity contribution in [1.82, 2.24) is 20.0 Å². The van der Waals surface area contributed by atoms with E-state index in [0.717, 1.165) is 6.42 Å². The standard InChI is InChI=1S/C17H23N5O3S/c1-11(2)15-19-13(25-21-15)6-3-7-14(23)22-9-4-5-12(22)16(24)20-17-18-8-10-26-17/h8,10-12H,3-7,9H2,1-2H3,(H,18,20,24). The van der Waals surface area contributed by atoms with E-state index in [2.05, 4.69) is 20.4 Å². The van der Waals surface area contributed by atoms with Crippen molar-refractivity contribution in [3.05, 3.63) is 23.3 Å². The second-order valence-electron chi connectivity index (χ2n) is 6.63. The molecular weight excluding hydrogens is 354 g/mol. The molecule has 1 fully saturated rings. The molecule has 0 radical (unpaired) electrons. The molecule has 2 aromatic rings. The van der Waals surface area contributed by atoms with Crippen molar-refractivity contribution < 1.29 is 14.1 Å². The van der Waals surface area contributed by atoms with Crippen molar-refractivity contribution in [2.45, 2.75) is 57.9 Å². The number of aryl methyl sites for hydroxylation is 1. The number of carbonyl (C=O) groups excluding carboxylic acids is 2. The van der Waals surface area contributed by atoms with Gasteiger partial charge in [0.15, 0.2) is 11.0 Å². The topological polar surface area (TPSA) is 101 Å². The summed E-state index contributed by atoms with van der Waals surface area (Å²) in [7, 11) is 0. The van der Waals surface area contributed by atoms with E-state index >= 15 is 0 Å². The zero-order chi connectivity index (χ0) is 18.5. The van der Waals surface area contributed by atoms with Gasteiger partial charge in [-0.3, -0.25) is 9.59 Å². The molecular formula is C17H23N5O3S. The van der Waals surface area contributed by atoms with Crippen molar-refractivity contribution in [3.63, 3.8) is 0 Å². The monoisotopic (exact) mass is 377 g/mol. The van der Waals surface area contributed by atoms with Crippen LogP contribution >= 0.6 is 11.3 Å². The zero-order valence-electron chi connectivity index (χ0n) is 15.0. The summed E-state index contributed by atoms with van der Waals surface area (Å²) in [6, 6.07) is -0.414. The minimum Gasteiger partial charge on any atom is -0.339 e. The Morgan fingerprint density at radius 1 is 1.46 bits per heavy atom. The third kappa shape index (κ3) is 4.46. The first-order valence-electron chi connectivity index (χ1n) is 8.87. The minimum absolute atomic E-state index is 0.00890. The van der Waals surface area contributed by atoms with Crippen LogP contribution in [0.25, 0.3) is 0 Å². The number of likely N-dealkylation sites (tertiary alicyclic amines) is 1. The summed E-state index contributed by atoms with van der Waals surface area (Å²) in [4.78, 5) is 35.0. The molecule has 1 aliphatic heterocycles. The number of nitrogens with zero attached hydrogens (tertiary/aromatic N) is 4. The number of nitrogens with one attached hydrogen (secondary N) is 1. The molecule has 1 unspecified atom stereocenters. The van der Waals surface area contributed by atoms with Crippen LogP contribution in [0, 0.1) is 0 Å². The average molecular weight is 377 g/mol. The molecule has 1 N–H and O–H groups in total. The molecule has 140 valence electrons. The number of aromatic nitrogens is 3. The van der Waals surface area contributed by atoms with Gasteiger partial charge in [-0.1, -0.05) is 19.0 Å². The number of hydrogen-bond donors (Lipinski definition) is 1. The molecule has 3 heterocycles. The lowest BCUT2D eigenvalue weighted by Gasteiger charge is -2.23. The van der Waals surface area contributed by atoms with Crippen LogP contribution in [0.3, 0.4) is 0 Å². The van der Waals surface area contributed by atoms with E-state index in [-0.39, 0.29) is 17.7 Å². The van der Waals surface area contributed by atoms with Gasteiger partial charge >= 0.3 is 0 Å². The Bertz CT molecular complexity index is 743. The fourth-order valence-electron chi connectivity index (χ4n) is 2.95. The maximum Gasteiger partial charge on any atom is 0.248 e. The molecule has 3 rings (SSSR count). The third-order valence-corrected chi connectivity index (χ3v) is 5.01. The second-order valence-corrected chi connectivity index (χ2v) is 7.52. The van der Waals surface area contributed by atoms with Gasteiger partial charge in [0.1, 0.15) is 6.04 Å². The van der Waals surface area contributed by atoms with Crippen LogP contribution in [0.15, 0.2) is 16.1 Å². The Morgan fingerprint density at radius 2 is 2.31 bits per heavy atom. The molecule has 0 saturated carbocycles. The molecule has 0 aliphatic carbocycles. The minimum atomic E-state index is -0.414. The molecule has 26 heavy (non-hydrogen) atoms. The van der Waals surface area contributed by atoms with E-state index in [0.29, 0.717) is 49.1 Å². The average Bonchev–Trinajstić information content (AvgIpc) is 3.35. The Balaban J connectivity index is 1.49. The maximum absolute atomic E-state index is 12.5. The van der Waals surface area contributed by atoms with Gasteiger partial charge in [0, 0.05) is 36.9 Å². The van der Waals surface area contributed by atoms with Crippen LogP contribution < -0.4 is 5.32 Å². The Hall–Kier alpha value is -2.29. The Morgan fingerprint density at radius 3 is 3.00 bits per heavy atom. The molecule has 2 aromatic heterocycles.